The first kappa shape index (κ1) is 11.1. The summed E-state index contributed by atoms with van der Waals surface area (Å²) in [5.74, 6) is 0.747. The number of aromatic hydroxyl groups is 1. The van der Waals surface area contributed by atoms with E-state index in [4.69, 9.17) is 4.74 Å². The van der Waals surface area contributed by atoms with Gasteiger partial charge in [-0.25, -0.2) is 0 Å². The molecule has 78 valence electrons. The Morgan fingerprint density at radius 2 is 2.21 bits per heavy atom. The Hall–Kier alpha value is -0.930. The van der Waals surface area contributed by atoms with Gasteiger partial charge in [0, 0.05) is 6.04 Å². The van der Waals surface area contributed by atoms with Crippen molar-refractivity contribution in [3.63, 3.8) is 0 Å². The van der Waals surface area contributed by atoms with E-state index in [1.165, 1.54) is 0 Å². The zero-order valence-electron chi connectivity index (χ0n) is 7.99. The molecule has 0 saturated carbocycles. The van der Waals surface area contributed by atoms with Crippen molar-refractivity contribution in [2.24, 2.45) is 0 Å². The highest BCUT2D eigenvalue weighted by Crippen LogP contribution is 2.31. The van der Waals surface area contributed by atoms with Gasteiger partial charge in [0.15, 0.2) is 11.5 Å². The van der Waals surface area contributed by atoms with Gasteiger partial charge >= 0.3 is 0 Å². The number of phenols is 1. The fraction of sp³-hybridized carbons (Fsp3) is 0.400. The van der Waals surface area contributed by atoms with Crippen LogP contribution in [0.25, 0.3) is 0 Å². The van der Waals surface area contributed by atoms with Crippen molar-refractivity contribution in [2.45, 2.75) is 12.5 Å². The molecule has 1 fully saturated rings. The number of halogens is 1. The molecule has 1 atom stereocenters. The first-order chi connectivity index (χ1) is 6.31. The molecule has 1 heterocycles. The summed E-state index contributed by atoms with van der Waals surface area (Å²) >= 11 is 0. The molecule has 0 spiro atoms. The lowest BCUT2D eigenvalue weighted by atomic mass is 9.98. The summed E-state index contributed by atoms with van der Waals surface area (Å²) in [6.45, 7) is 1.07. The smallest absolute Gasteiger partial charge is 0.160 e. The standard InChI is InChI=1S/C10H13NO2.ClH/c1-13-10-3-2-7(6-9(10)12)8-4-5-11-8;/h2-3,6,8,11-12H,4-5H2,1H3;1H/t8-;/m0./s1. The molecule has 0 amide bonds. The van der Waals surface area contributed by atoms with Crippen LogP contribution in [-0.2, 0) is 0 Å². The number of ether oxygens (including phenoxy) is 1. The lowest BCUT2D eigenvalue weighted by molar-refractivity contribution is 0.363. The van der Waals surface area contributed by atoms with Crippen LogP contribution in [-0.4, -0.2) is 18.8 Å². The number of phenolic OH excluding ortho intramolecular Hbond substituents is 1. The van der Waals surface area contributed by atoms with Crippen molar-refractivity contribution in [2.75, 3.05) is 13.7 Å². The fourth-order valence-electron chi connectivity index (χ4n) is 1.50. The lowest BCUT2D eigenvalue weighted by Crippen LogP contribution is -2.34. The molecule has 0 bridgehead atoms. The highest BCUT2D eigenvalue weighted by Gasteiger charge is 2.19. The summed E-state index contributed by atoms with van der Waals surface area (Å²) in [5.41, 5.74) is 1.13. The number of nitrogens with one attached hydrogen (secondary N) is 1. The van der Waals surface area contributed by atoms with Gasteiger partial charge < -0.3 is 15.2 Å². The predicted octanol–water partition coefficient (Wildman–Crippen LogP) is 1.86. The maximum Gasteiger partial charge on any atom is 0.160 e. The molecule has 1 aliphatic heterocycles. The molecule has 2 N–H and O–H groups in total. The molecule has 0 aromatic heterocycles. The van der Waals surface area contributed by atoms with E-state index in [1.54, 1.807) is 19.2 Å². The molecule has 2 rings (SSSR count). The highest BCUT2D eigenvalue weighted by atomic mass is 35.5. The normalized spacial score (nSPS) is 19.4. The van der Waals surface area contributed by atoms with Crippen LogP contribution in [0.5, 0.6) is 11.5 Å². The summed E-state index contributed by atoms with van der Waals surface area (Å²) in [4.78, 5) is 0. The van der Waals surface area contributed by atoms with Gasteiger partial charge in [0.05, 0.1) is 7.11 Å². The van der Waals surface area contributed by atoms with E-state index in [-0.39, 0.29) is 18.2 Å². The van der Waals surface area contributed by atoms with Gasteiger partial charge in [-0.05, 0) is 30.7 Å². The Bertz CT molecular complexity index is 313. The van der Waals surface area contributed by atoms with Gasteiger partial charge in [-0.1, -0.05) is 6.07 Å². The average molecular weight is 216 g/mol. The Morgan fingerprint density at radius 3 is 2.64 bits per heavy atom. The van der Waals surface area contributed by atoms with E-state index in [9.17, 15) is 5.11 Å². The number of hydrogen-bond acceptors (Lipinski definition) is 3. The second-order valence-corrected chi connectivity index (χ2v) is 3.23. The number of hydrogen-bond donors (Lipinski definition) is 2. The summed E-state index contributed by atoms with van der Waals surface area (Å²) in [7, 11) is 1.55. The van der Waals surface area contributed by atoms with Crippen molar-refractivity contribution in [1.29, 1.82) is 0 Å². The molecular weight excluding hydrogens is 202 g/mol. The van der Waals surface area contributed by atoms with Crippen molar-refractivity contribution in [3.8, 4) is 11.5 Å². The summed E-state index contributed by atoms with van der Waals surface area (Å²) in [5, 5.41) is 12.8. The van der Waals surface area contributed by atoms with Crippen LogP contribution < -0.4 is 10.1 Å². The van der Waals surface area contributed by atoms with Crippen LogP contribution in [0.15, 0.2) is 18.2 Å². The molecule has 14 heavy (non-hydrogen) atoms. The highest BCUT2D eigenvalue weighted by molar-refractivity contribution is 5.85. The summed E-state index contributed by atoms with van der Waals surface area (Å²) in [6, 6.07) is 5.95. The van der Waals surface area contributed by atoms with Crippen molar-refractivity contribution >= 4 is 12.4 Å². The molecule has 0 aliphatic carbocycles. The van der Waals surface area contributed by atoms with Gasteiger partial charge in [0.25, 0.3) is 0 Å². The van der Waals surface area contributed by atoms with Crippen LogP contribution in [0, 0.1) is 0 Å². The van der Waals surface area contributed by atoms with Gasteiger partial charge in [0.1, 0.15) is 0 Å². The van der Waals surface area contributed by atoms with Crippen molar-refractivity contribution in [1.82, 2.24) is 5.32 Å². The van der Waals surface area contributed by atoms with Crippen molar-refractivity contribution in [3.05, 3.63) is 23.8 Å². The van der Waals surface area contributed by atoms with Gasteiger partial charge in [-0.2, -0.15) is 0 Å². The van der Waals surface area contributed by atoms with E-state index in [0.29, 0.717) is 11.8 Å². The Morgan fingerprint density at radius 1 is 1.50 bits per heavy atom. The summed E-state index contributed by atoms with van der Waals surface area (Å²) in [6.07, 6.45) is 1.14. The number of methoxy groups -OCH3 is 1. The van der Waals surface area contributed by atoms with E-state index in [2.05, 4.69) is 5.32 Å². The fourth-order valence-corrected chi connectivity index (χ4v) is 1.50. The molecular formula is C10H14ClNO2. The number of benzene rings is 1. The third kappa shape index (κ3) is 1.94. The largest absolute Gasteiger partial charge is 0.504 e. The predicted molar refractivity (Wildman–Crippen MR) is 57.3 cm³/mol. The summed E-state index contributed by atoms with van der Waals surface area (Å²) < 4.78 is 4.96. The van der Waals surface area contributed by atoms with Crippen molar-refractivity contribution < 1.29 is 9.84 Å². The molecule has 0 radical (unpaired) electrons. The molecule has 1 aliphatic rings. The van der Waals surface area contributed by atoms with Gasteiger partial charge in [-0.3, -0.25) is 0 Å². The van der Waals surface area contributed by atoms with E-state index >= 15 is 0 Å². The van der Waals surface area contributed by atoms with Crippen LogP contribution in [0.4, 0.5) is 0 Å². The first-order valence-corrected chi connectivity index (χ1v) is 4.41. The van der Waals surface area contributed by atoms with E-state index < -0.39 is 0 Å². The third-order valence-corrected chi connectivity index (χ3v) is 2.43. The Kier molecular flexibility index (Phi) is 3.61. The second-order valence-electron chi connectivity index (χ2n) is 3.23. The SMILES string of the molecule is COc1ccc([C@@H]2CCN2)cc1O.Cl. The number of rotatable bonds is 2. The lowest BCUT2D eigenvalue weighted by Gasteiger charge is -2.28. The van der Waals surface area contributed by atoms with Crippen LogP contribution in [0.3, 0.4) is 0 Å². The topological polar surface area (TPSA) is 41.5 Å². The third-order valence-electron chi connectivity index (χ3n) is 2.43. The minimum atomic E-state index is 0. The molecule has 4 heteroatoms. The molecule has 1 saturated heterocycles. The molecule has 1 aromatic carbocycles. The maximum atomic E-state index is 9.51. The quantitative estimate of drug-likeness (QED) is 0.792. The zero-order chi connectivity index (χ0) is 9.26. The second kappa shape index (κ2) is 4.53. The average Bonchev–Trinajstić information content (AvgIpc) is 2.01. The molecule has 1 aromatic rings. The van der Waals surface area contributed by atoms with Crippen LogP contribution >= 0.6 is 12.4 Å². The molecule has 3 nitrogen and oxygen atoms in total. The first-order valence-electron chi connectivity index (χ1n) is 4.41. The molecule has 0 unspecified atom stereocenters. The minimum Gasteiger partial charge on any atom is -0.504 e. The van der Waals surface area contributed by atoms with E-state index in [1.807, 2.05) is 6.07 Å². The minimum absolute atomic E-state index is 0. The Labute approximate surface area is 89.5 Å². The van der Waals surface area contributed by atoms with Gasteiger partial charge in [-0.15, -0.1) is 12.4 Å². The monoisotopic (exact) mass is 215 g/mol. The Balaban J connectivity index is 0.000000980. The zero-order valence-corrected chi connectivity index (χ0v) is 8.80. The van der Waals surface area contributed by atoms with E-state index in [0.717, 1.165) is 18.5 Å². The van der Waals surface area contributed by atoms with Gasteiger partial charge in [0.2, 0.25) is 0 Å². The van der Waals surface area contributed by atoms with Crippen LogP contribution in [0.1, 0.15) is 18.0 Å². The van der Waals surface area contributed by atoms with Crippen LogP contribution in [0.2, 0.25) is 0 Å². The maximum absolute atomic E-state index is 9.51.